The van der Waals surface area contributed by atoms with Gasteiger partial charge >= 0.3 is 0 Å². The molecule has 1 aliphatic heterocycles. The molecule has 0 aromatic heterocycles. The van der Waals surface area contributed by atoms with E-state index in [9.17, 15) is 0 Å². The van der Waals surface area contributed by atoms with Crippen LogP contribution in [0.1, 0.15) is 18.1 Å². The van der Waals surface area contributed by atoms with Crippen LogP contribution in [0.4, 0.5) is 5.69 Å². The zero-order valence-corrected chi connectivity index (χ0v) is 7.46. The summed E-state index contributed by atoms with van der Waals surface area (Å²) in [4.78, 5) is 0. The lowest BCUT2D eigenvalue weighted by molar-refractivity contribution is 0.992. The highest BCUT2D eigenvalue weighted by Gasteiger charge is 2.06. The van der Waals surface area contributed by atoms with E-state index in [0.29, 0.717) is 6.04 Å². The molecule has 1 heteroatoms. The average Bonchev–Trinajstić information content (AvgIpc) is 2.05. The minimum Gasteiger partial charge on any atom is -0.379 e. The van der Waals surface area contributed by atoms with Gasteiger partial charge in [-0.05, 0) is 31.5 Å². The van der Waals surface area contributed by atoms with Gasteiger partial charge in [-0.15, -0.1) is 0 Å². The first-order valence-corrected chi connectivity index (χ1v) is 4.31. The van der Waals surface area contributed by atoms with E-state index in [1.807, 2.05) is 0 Å². The summed E-state index contributed by atoms with van der Waals surface area (Å²) >= 11 is 0. The molecule has 1 nitrogen and oxygen atoms in total. The summed E-state index contributed by atoms with van der Waals surface area (Å²) in [7, 11) is 0. The van der Waals surface area contributed by atoms with Crippen LogP contribution < -0.4 is 5.32 Å². The van der Waals surface area contributed by atoms with Crippen molar-refractivity contribution in [3.8, 4) is 0 Å². The Labute approximate surface area is 73.1 Å². The third-order valence-corrected chi connectivity index (χ3v) is 2.15. The van der Waals surface area contributed by atoms with E-state index >= 15 is 0 Å². The normalized spacial score (nSPS) is 20.0. The number of hydrogen-bond donors (Lipinski definition) is 1. The summed E-state index contributed by atoms with van der Waals surface area (Å²) in [5, 5.41) is 3.40. The summed E-state index contributed by atoms with van der Waals surface area (Å²) in [6.07, 6.45) is 4.37. The maximum atomic E-state index is 3.40. The summed E-state index contributed by atoms with van der Waals surface area (Å²) in [5.41, 5.74) is 3.86. The molecule has 0 fully saturated rings. The molecule has 0 aliphatic carbocycles. The zero-order valence-electron chi connectivity index (χ0n) is 7.46. The standard InChI is InChI=1S/C11H13N/c1-8-3-6-11-10(7-8)5-4-9(2)12-11/h3-7,9,12H,1-2H3. The van der Waals surface area contributed by atoms with Crippen molar-refractivity contribution in [1.29, 1.82) is 0 Å². The van der Waals surface area contributed by atoms with Gasteiger partial charge in [0, 0.05) is 11.7 Å². The first-order chi connectivity index (χ1) is 5.75. The second-order valence-electron chi connectivity index (χ2n) is 3.38. The van der Waals surface area contributed by atoms with Crippen LogP contribution in [0.3, 0.4) is 0 Å². The zero-order chi connectivity index (χ0) is 8.55. The van der Waals surface area contributed by atoms with Gasteiger partial charge in [-0.2, -0.15) is 0 Å². The maximum Gasteiger partial charge on any atom is 0.0419 e. The molecule has 1 aromatic carbocycles. The Morgan fingerprint density at radius 2 is 2.17 bits per heavy atom. The molecule has 1 heterocycles. The van der Waals surface area contributed by atoms with Crippen molar-refractivity contribution in [3.05, 3.63) is 35.4 Å². The Hall–Kier alpha value is -1.24. The molecule has 0 saturated heterocycles. The molecule has 1 aliphatic rings. The van der Waals surface area contributed by atoms with E-state index in [2.05, 4.69) is 49.5 Å². The van der Waals surface area contributed by atoms with Gasteiger partial charge in [-0.25, -0.2) is 0 Å². The molecule has 0 saturated carbocycles. The summed E-state index contributed by atoms with van der Waals surface area (Å²) in [5.74, 6) is 0. The van der Waals surface area contributed by atoms with Crippen LogP contribution in [-0.4, -0.2) is 6.04 Å². The number of benzene rings is 1. The van der Waals surface area contributed by atoms with Gasteiger partial charge in [0.05, 0.1) is 0 Å². The molecule has 12 heavy (non-hydrogen) atoms. The van der Waals surface area contributed by atoms with Crippen molar-refractivity contribution in [1.82, 2.24) is 0 Å². The largest absolute Gasteiger partial charge is 0.379 e. The first-order valence-electron chi connectivity index (χ1n) is 4.31. The van der Waals surface area contributed by atoms with Crippen LogP contribution >= 0.6 is 0 Å². The topological polar surface area (TPSA) is 12.0 Å². The van der Waals surface area contributed by atoms with Gasteiger partial charge in [0.2, 0.25) is 0 Å². The number of hydrogen-bond acceptors (Lipinski definition) is 1. The van der Waals surface area contributed by atoms with Crippen molar-refractivity contribution in [2.75, 3.05) is 5.32 Å². The predicted octanol–water partition coefficient (Wildman–Crippen LogP) is 2.82. The van der Waals surface area contributed by atoms with E-state index in [1.165, 1.54) is 16.8 Å². The van der Waals surface area contributed by atoms with Gasteiger partial charge in [0.1, 0.15) is 0 Å². The number of aryl methyl sites for hydroxylation is 1. The molecular weight excluding hydrogens is 146 g/mol. The minimum atomic E-state index is 0.459. The molecule has 1 atom stereocenters. The van der Waals surface area contributed by atoms with Gasteiger partial charge in [-0.3, -0.25) is 0 Å². The second kappa shape index (κ2) is 2.67. The average molecular weight is 159 g/mol. The summed E-state index contributed by atoms with van der Waals surface area (Å²) in [6, 6.07) is 6.94. The lowest BCUT2D eigenvalue weighted by atomic mass is 10.0. The van der Waals surface area contributed by atoms with Crippen LogP contribution in [0.25, 0.3) is 6.08 Å². The van der Waals surface area contributed by atoms with Gasteiger partial charge < -0.3 is 5.32 Å². The minimum absolute atomic E-state index is 0.459. The van der Waals surface area contributed by atoms with Gasteiger partial charge in [0.15, 0.2) is 0 Å². The highest BCUT2D eigenvalue weighted by molar-refractivity contribution is 5.71. The SMILES string of the molecule is Cc1ccc2c(c1)C=CC(C)N2. The fourth-order valence-electron chi connectivity index (χ4n) is 1.49. The lowest BCUT2D eigenvalue weighted by Gasteiger charge is -2.18. The molecule has 1 unspecified atom stereocenters. The summed E-state index contributed by atoms with van der Waals surface area (Å²) in [6.45, 7) is 4.27. The second-order valence-corrected chi connectivity index (χ2v) is 3.38. The molecular formula is C11H13N. The quantitative estimate of drug-likeness (QED) is 0.613. The highest BCUT2D eigenvalue weighted by Crippen LogP contribution is 2.23. The van der Waals surface area contributed by atoms with Crippen molar-refractivity contribution >= 4 is 11.8 Å². The number of fused-ring (bicyclic) bond motifs is 1. The molecule has 2 rings (SSSR count). The fourth-order valence-corrected chi connectivity index (χ4v) is 1.49. The maximum absolute atomic E-state index is 3.40. The predicted molar refractivity (Wildman–Crippen MR) is 53.3 cm³/mol. The molecule has 62 valence electrons. The van der Waals surface area contributed by atoms with Crippen LogP contribution in [0.15, 0.2) is 24.3 Å². The van der Waals surface area contributed by atoms with E-state index in [4.69, 9.17) is 0 Å². The summed E-state index contributed by atoms with van der Waals surface area (Å²) < 4.78 is 0. The van der Waals surface area contributed by atoms with Crippen molar-refractivity contribution in [3.63, 3.8) is 0 Å². The monoisotopic (exact) mass is 159 g/mol. The smallest absolute Gasteiger partial charge is 0.0419 e. The Kier molecular flexibility index (Phi) is 1.65. The van der Waals surface area contributed by atoms with Crippen LogP contribution in [0.2, 0.25) is 0 Å². The lowest BCUT2D eigenvalue weighted by Crippen LogP contribution is -2.15. The Balaban J connectivity index is 2.47. The van der Waals surface area contributed by atoms with Crippen molar-refractivity contribution in [2.45, 2.75) is 19.9 Å². The highest BCUT2D eigenvalue weighted by atomic mass is 14.9. The Morgan fingerprint density at radius 3 is 3.00 bits per heavy atom. The van der Waals surface area contributed by atoms with Gasteiger partial charge in [-0.1, -0.05) is 23.8 Å². The molecule has 1 N–H and O–H groups in total. The third kappa shape index (κ3) is 1.22. The molecule has 0 spiro atoms. The third-order valence-electron chi connectivity index (χ3n) is 2.15. The van der Waals surface area contributed by atoms with E-state index < -0.39 is 0 Å². The first kappa shape index (κ1) is 7.41. The Bertz CT molecular complexity index is 326. The molecule has 1 aromatic rings. The van der Waals surface area contributed by atoms with Crippen molar-refractivity contribution in [2.24, 2.45) is 0 Å². The molecule has 0 amide bonds. The number of rotatable bonds is 0. The number of anilines is 1. The van der Waals surface area contributed by atoms with E-state index in [0.717, 1.165) is 0 Å². The van der Waals surface area contributed by atoms with Gasteiger partial charge in [0.25, 0.3) is 0 Å². The number of nitrogens with one attached hydrogen (secondary N) is 1. The van der Waals surface area contributed by atoms with Crippen LogP contribution in [0.5, 0.6) is 0 Å². The van der Waals surface area contributed by atoms with Crippen LogP contribution in [0, 0.1) is 6.92 Å². The molecule has 0 bridgehead atoms. The Morgan fingerprint density at radius 1 is 1.33 bits per heavy atom. The van der Waals surface area contributed by atoms with E-state index in [1.54, 1.807) is 0 Å². The molecule has 0 radical (unpaired) electrons. The van der Waals surface area contributed by atoms with Crippen molar-refractivity contribution < 1.29 is 0 Å². The van der Waals surface area contributed by atoms with E-state index in [-0.39, 0.29) is 0 Å². The fraction of sp³-hybridized carbons (Fsp3) is 0.273. The van der Waals surface area contributed by atoms with Crippen LogP contribution in [-0.2, 0) is 0 Å².